The number of anilines is 1. The molecule has 0 bridgehead atoms. The van der Waals surface area contributed by atoms with Gasteiger partial charge in [0.15, 0.2) is 5.11 Å². The zero-order valence-electron chi connectivity index (χ0n) is 13.9. The number of aryl methyl sites for hydroxylation is 2. The van der Waals surface area contributed by atoms with Gasteiger partial charge in [-0.2, -0.15) is 0 Å². The predicted molar refractivity (Wildman–Crippen MR) is 95.9 cm³/mol. The van der Waals surface area contributed by atoms with Crippen LogP contribution in [0.25, 0.3) is 0 Å². The molecule has 1 aromatic rings. The van der Waals surface area contributed by atoms with Crippen molar-refractivity contribution in [2.24, 2.45) is 11.3 Å². The summed E-state index contributed by atoms with van der Waals surface area (Å²) in [6, 6.07) is 6.89. The van der Waals surface area contributed by atoms with Crippen molar-refractivity contribution in [3.63, 3.8) is 0 Å². The molecule has 116 valence electrons. The van der Waals surface area contributed by atoms with Gasteiger partial charge in [0.25, 0.3) is 0 Å². The van der Waals surface area contributed by atoms with E-state index in [1.165, 1.54) is 30.4 Å². The minimum absolute atomic E-state index is 0.407. The summed E-state index contributed by atoms with van der Waals surface area (Å²) in [7, 11) is 0. The van der Waals surface area contributed by atoms with Crippen LogP contribution in [0.15, 0.2) is 18.2 Å². The molecule has 2 N–H and O–H groups in total. The topological polar surface area (TPSA) is 24.1 Å². The molecule has 0 spiro atoms. The van der Waals surface area contributed by atoms with Crippen molar-refractivity contribution in [1.82, 2.24) is 5.32 Å². The summed E-state index contributed by atoms with van der Waals surface area (Å²) in [5, 5.41) is 7.63. The van der Waals surface area contributed by atoms with Crippen LogP contribution in [0, 0.1) is 25.2 Å². The fourth-order valence-electron chi connectivity index (χ4n) is 3.67. The van der Waals surface area contributed by atoms with Crippen LogP contribution in [-0.2, 0) is 0 Å². The summed E-state index contributed by atoms with van der Waals surface area (Å²) in [5.41, 5.74) is 3.99. The van der Waals surface area contributed by atoms with E-state index in [2.05, 4.69) is 63.5 Å². The molecule has 1 aliphatic carbocycles. The molecule has 2 rings (SSSR count). The Balaban J connectivity index is 1.97. The van der Waals surface area contributed by atoms with Crippen molar-refractivity contribution in [3.05, 3.63) is 29.3 Å². The monoisotopic (exact) mass is 304 g/mol. The highest BCUT2D eigenvalue weighted by Crippen LogP contribution is 2.38. The van der Waals surface area contributed by atoms with Gasteiger partial charge >= 0.3 is 0 Å². The molecule has 0 radical (unpaired) electrons. The maximum Gasteiger partial charge on any atom is 0.171 e. The lowest BCUT2D eigenvalue weighted by molar-refractivity contribution is 0.162. The fraction of sp³-hybridized carbons (Fsp3) is 0.611. The molecule has 2 nitrogen and oxygen atoms in total. The number of rotatable bonds is 2. The summed E-state index contributed by atoms with van der Waals surface area (Å²) in [4.78, 5) is 0. The second kappa shape index (κ2) is 6.35. The van der Waals surface area contributed by atoms with Crippen LogP contribution in [0.1, 0.15) is 51.2 Å². The quantitative estimate of drug-likeness (QED) is 0.767. The molecule has 1 saturated carbocycles. The molecule has 2 atom stereocenters. The lowest BCUT2D eigenvalue weighted by Crippen LogP contribution is -2.44. The Bertz CT molecular complexity index is 522. The maximum absolute atomic E-state index is 5.51. The molecule has 1 fully saturated rings. The first-order valence-electron chi connectivity index (χ1n) is 7.90. The third-order valence-electron chi connectivity index (χ3n) is 4.36. The summed E-state index contributed by atoms with van der Waals surface area (Å²) in [6.45, 7) is 11.3. The minimum Gasteiger partial charge on any atom is -0.360 e. The molecule has 0 amide bonds. The largest absolute Gasteiger partial charge is 0.360 e. The van der Waals surface area contributed by atoms with Crippen molar-refractivity contribution >= 4 is 23.0 Å². The number of nitrogens with one attached hydrogen (secondary N) is 2. The third kappa shape index (κ3) is 4.70. The zero-order chi connectivity index (χ0) is 15.6. The molecule has 0 heterocycles. The highest BCUT2D eigenvalue weighted by Gasteiger charge is 2.32. The summed E-state index contributed by atoms with van der Waals surface area (Å²) >= 11 is 5.51. The SMILES string of the molecule is Cc1ccc(C)c(NC(=S)NC2CC(C)CC(C)(C)C2)c1. The van der Waals surface area contributed by atoms with E-state index in [1.54, 1.807) is 0 Å². The summed E-state index contributed by atoms with van der Waals surface area (Å²) in [6.07, 6.45) is 3.70. The van der Waals surface area contributed by atoms with Crippen LogP contribution < -0.4 is 10.6 Å². The van der Waals surface area contributed by atoms with Gasteiger partial charge in [0.05, 0.1) is 0 Å². The Morgan fingerprint density at radius 1 is 1.24 bits per heavy atom. The van der Waals surface area contributed by atoms with E-state index in [0.717, 1.165) is 16.7 Å². The average Bonchev–Trinajstić information content (AvgIpc) is 2.31. The van der Waals surface area contributed by atoms with Crippen LogP contribution in [0.5, 0.6) is 0 Å². The van der Waals surface area contributed by atoms with Gasteiger partial charge in [-0.15, -0.1) is 0 Å². The minimum atomic E-state index is 0.407. The normalized spacial score (nSPS) is 24.4. The first-order chi connectivity index (χ1) is 9.75. The van der Waals surface area contributed by atoms with Gasteiger partial charge in [-0.25, -0.2) is 0 Å². The Morgan fingerprint density at radius 3 is 2.62 bits per heavy atom. The maximum atomic E-state index is 5.51. The van der Waals surface area contributed by atoms with Crippen molar-refractivity contribution in [1.29, 1.82) is 0 Å². The van der Waals surface area contributed by atoms with E-state index in [4.69, 9.17) is 12.2 Å². The highest BCUT2D eigenvalue weighted by atomic mass is 32.1. The number of hydrogen-bond acceptors (Lipinski definition) is 1. The number of benzene rings is 1. The fourth-order valence-corrected chi connectivity index (χ4v) is 3.95. The molecule has 2 unspecified atom stereocenters. The van der Waals surface area contributed by atoms with Crippen LogP contribution in [0.3, 0.4) is 0 Å². The van der Waals surface area contributed by atoms with Gasteiger partial charge in [0.1, 0.15) is 0 Å². The summed E-state index contributed by atoms with van der Waals surface area (Å²) < 4.78 is 0. The van der Waals surface area contributed by atoms with Gasteiger partial charge in [0.2, 0.25) is 0 Å². The predicted octanol–water partition coefficient (Wildman–Crippen LogP) is 4.80. The second-order valence-electron chi connectivity index (χ2n) is 7.53. The molecule has 1 aliphatic rings. The van der Waals surface area contributed by atoms with Crippen molar-refractivity contribution < 1.29 is 0 Å². The van der Waals surface area contributed by atoms with Gasteiger partial charge < -0.3 is 10.6 Å². The van der Waals surface area contributed by atoms with E-state index in [0.29, 0.717) is 11.5 Å². The second-order valence-corrected chi connectivity index (χ2v) is 7.94. The Morgan fingerprint density at radius 2 is 1.95 bits per heavy atom. The average molecular weight is 305 g/mol. The first kappa shape index (κ1) is 16.3. The standard InChI is InChI=1S/C18H28N2S/c1-12-6-7-14(3)16(9-12)20-17(21)19-15-8-13(2)10-18(4,5)11-15/h6-7,9,13,15H,8,10-11H2,1-5H3,(H2,19,20,21). The van der Waals surface area contributed by atoms with Gasteiger partial charge in [-0.1, -0.05) is 32.9 Å². The molecule has 3 heteroatoms. The van der Waals surface area contributed by atoms with Crippen LogP contribution >= 0.6 is 12.2 Å². The Hall–Kier alpha value is -1.09. The van der Waals surface area contributed by atoms with E-state index in [1.807, 2.05) is 0 Å². The van der Waals surface area contributed by atoms with Gasteiger partial charge in [-0.3, -0.25) is 0 Å². The zero-order valence-corrected chi connectivity index (χ0v) is 14.7. The molecule has 0 aliphatic heterocycles. The Kier molecular flexibility index (Phi) is 4.92. The van der Waals surface area contributed by atoms with Crippen molar-refractivity contribution in [3.8, 4) is 0 Å². The van der Waals surface area contributed by atoms with E-state index in [9.17, 15) is 0 Å². The van der Waals surface area contributed by atoms with Crippen LogP contribution in [0.4, 0.5) is 5.69 Å². The Labute approximate surface area is 134 Å². The molecule has 1 aromatic carbocycles. The molecular formula is C18H28N2S. The van der Waals surface area contributed by atoms with Crippen molar-refractivity contribution in [2.45, 2.75) is 59.9 Å². The lowest BCUT2D eigenvalue weighted by atomic mass is 9.71. The first-order valence-corrected chi connectivity index (χ1v) is 8.31. The molecule has 0 saturated heterocycles. The lowest BCUT2D eigenvalue weighted by Gasteiger charge is -2.39. The van der Waals surface area contributed by atoms with E-state index in [-0.39, 0.29) is 0 Å². The van der Waals surface area contributed by atoms with Crippen LogP contribution in [-0.4, -0.2) is 11.2 Å². The van der Waals surface area contributed by atoms with Gasteiger partial charge in [-0.05, 0) is 73.9 Å². The molecular weight excluding hydrogens is 276 g/mol. The number of hydrogen-bond donors (Lipinski definition) is 2. The highest BCUT2D eigenvalue weighted by molar-refractivity contribution is 7.80. The van der Waals surface area contributed by atoms with Crippen molar-refractivity contribution in [2.75, 3.05) is 5.32 Å². The molecule has 0 aromatic heterocycles. The molecule has 21 heavy (non-hydrogen) atoms. The number of thiocarbonyl (C=S) groups is 1. The summed E-state index contributed by atoms with van der Waals surface area (Å²) in [5.74, 6) is 0.759. The van der Waals surface area contributed by atoms with Crippen LogP contribution in [0.2, 0.25) is 0 Å². The van der Waals surface area contributed by atoms with E-state index < -0.39 is 0 Å². The third-order valence-corrected chi connectivity index (χ3v) is 4.58. The van der Waals surface area contributed by atoms with Gasteiger partial charge in [0, 0.05) is 11.7 Å². The smallest absolute Gasteiger partial charge is 0.171 e. The van der Waals surface area contributed by atoms with E-state index >= 15 is 0 Å².